The highest BCUT2D eigenvalue weighted by molar-refractivity contribution is 8.00. The maximum absolute atomic E-state index is 13.6. The Hall–Kier alpha value is -3.32. The first-order valence-electron chi connectivity index (χ1n) is 9.37. The molecule has 0 aromatic heterocycles. The topological polar surface area (TPSA) is 58.6 Å². The summed E-state index contributed by atoms with van der Waals surface area (Å²) in [5.74, 6) is 0.246. The quantitative estimate of drug-likeness (QED) is 0.630. The van der Waals surface area contributed by atoms with E-state index in [4.69, 9.17) is 4.74 Å². The van der Waals surface area contributed by atoms with Gasteiger partial charge in [0.05, 0.1) is 5.75 Å². The fraction of sp³-hybridized carbons (Fsp3) is 0.130. The second kappa shape index (κ2) is 9.00. The number of carbonyl (C=O) groups is 2. The van der Waals surface area contributed by atoms with Gasteiger partial charge < -0.3 is 10.1 Å². The van der Waals surface area contributed by atoms with Gasteiger partial charge in [0, 0.05) is 11.4 Å². The van der Waals surface area contributed by atoms with E-state index in [-0.39, 0.29) is 29.6 Å². The maximum Gasteiger partial charge on any atom is 0.262 e. The van der Waals surface area contributed by atoms with Crippen LogP contribution in [0.4, 0.5) is 15.8 Å². The number of halogens is 1. The molecular weight excluding hydrogens is 403 g/mol. The number of nitrogens with one attached hydrogen (secondary N) is 1. The smallest absolute Gasteiger partial charge is 0.262 e. The van der Waals surface area contributed by atoms with E-state index in [1.165, 1.54) is 23.9 Å². The van der Waals surface area contributed by atoms with Crippen molar-refractivity contribution in [2.45, 2.75) is 5.37 Å². The van der Waals surface area contributed by atoms with Crippen LogP contribution in [0.2, 0.25) is 0 Å². The molecule has 30 heavy (non-hydrogen) atoms. The summed E-state index contributed by atoms with van der Waals surface area (Å²) in [6, 6.07) is 22.4. The summed E-state index contributed by atoms with van der Waals surface area (Å²) in [6.07, 6.45) is 0. The number of ether oxygens (including phenoxy) is 1. The molecule has 0 saturated carbocycles. The van der Waals surface area contributed by atoms with Crippen LogP contribution in [0.1, 0.15) is 10.9 Å². The lowest BCUT2D eigenvalue weighted by atomic mass is 10.1. The van der Waals surface area contributed by atoms with E-state index in [9.17, 15) is 14.0 Å². The number of carbonyl (C=O) groups excluding carboxylic acids is 2. The highest BCUT2D eigenvalue weighted by Crippen LogP contribution is 2.42. The molecule has 0 spiro atoms. The first kappa shape index (κ1) is 20.0. The van der Waals surface area contributed by atoms with E-state index in [2.05, 4.69) is 5.32 Å². The van der Waals surface area contributed by atoms with Crippen LogP contribution in [0.25, 0.3) is 0 Å². The van der Waals surface area contributed by atoms with Crippen molar-refractivity contribution < 1.29 is 18.7 Å². The molecule has 4 rings (SSSR count). The molecule has 0 unspecified atom stereocenters. The summed E-state index contributed by atoms with van der Waals surface area (Å²) < 4.78 is 19.1. The lowest BCUT2D eigenvalue weighted by Gasteiger charge is -2.24. The predicted molar refractivity (Wildman–Crippen MR) is 116 cm³/mol. The number of hydrogen-bond donors (Lipinski definition) is 1. The standard InChI is InChI=1S/C23H19FN2O3S/c24-17-5-4-6-19(13-17)26-22(28)15-30-23(26)16-9-11-18(12-10-16)25-21(27)14-29-20-7-2-1-3-8-20/h1-13,23H,14-15H2,(H,25,27)/t23-/m1/s1. The van der Waals surface area contributed by atoms with Gasteiger partial charge in [0.2, 0.25) is 5.91 Å². The third-order valence-electron chi connectivity index (χ3n) is 4.55. The van der Waals surface area contributed by atoms with Crippen molar-refractivity contribution in [2.24, 2.45) is 0 Å². The Bertz CT molecular complexity index is 1040. The molecule has 3 aromatic carbocycles. The van der Waals surface area contributed by atoms with Crippen LogP contribution in [-0.4, -0.2) is 24.2 Å². The molecule has 1 N–H and O–H groups in total. The lowest BCUT2D eigenvalue weighted by Crippen LogP contribution is -2.27. The molecule has 3 aromatic rings. The molecule has 7 heteroatoms. The fourth-order valence-corrected chi connectivity index (χ4v) is 4.35. The predicted octanol–water partition coefficient (Wildman–Crippen LogP) is 4.62. The minimum Gasteiger partial charge on any atom is -0.484 e. The minimum atomic E-state index is -0.383. The molecule has 0 aliphatic carbocycles. The van der Waals surface area contributed by atoms with Gasteiger partial charge in [0.15, 0.2) is 6.61 Å². The van der Waals surface area contributed by atoms with Crippen molar-refractivity contribution >= 4 is 35.0 Å². The average Bonchev–Trinajstić information content (AvgIpc) is 3.15. The van der Waals surface area contributed by atoms with Gasteiger partial charge in [0.25, 0.3) is 5.91 Å². The molecule has 0 bridgehead atoms. The largest absolute Gasteiger partial charge is 0.484 e. The molecule has 2 amide bonds. The van der Waals surface area contributed by atoms with E-state index in [1.807, 2.05) is 30.3 Å². The van der Waals surface area contributed by atoms with E-state index < -0.39 is 0 Å². The zero-order valence-electron chi connectivity index (χ0n) is 16.0. The van der Waals surface area contributed by atoms with Crippen LogP contribution in [0, 0.1) is 5.82 Å². The normalized spacial score (nSPS) is 15.8. The molecule has 1 heterocycles. The Morgan fingerprint density at radius 1 is 1.07 bits per heavy atom. The zero-order chi connectivity index (χ0) is 20.9. The molecule has 0 radical (unpaired) electrons. The third-order valence-corrected chi connectivity index (χ3v) is 5.76. The first-order valence-corrected chi connectivity index (χ1v) is 10.4. The Morgan fingerprint density at radius 2 is 1.83 bits per heavy atom. The molecule has 1 fully saturated rings. The van der Waals surface area contributed by atoms with Crippen LogP contribution in [0.3, 0.4) is 0 Å². The van der Waals surface area contributed by atoms with E-state index in [1.54, 1.807) is 41.3 Å². The summed E-state index contributed by atoms with van der Waals surface area (Å²) in [7, 11) is 0. The van der Waals surface area contributed by atoms with E-state index in [0.29, 0.717) is 22.9 Å². The maximum atomic E-state index is 13.6. The van der Waals surface area contributed by atoms with Gasteiger partial charge in [-0.25, -0.2) is 4.39 Å². The summed E-state index contributed by atoms with van der Waals surface area (Å²) in [5, 5.41) is 2.54. The Kier molecular flexibility index (Phi) is 5.99. The molecule has 5 nitrogen and oxygen atoms in total. The molecule has 1 aliphatic rings. The van der Waals surface area contributed by atoms with Crippen LogP contribution in [-0.2, 0) is 9.59 Å². The van der Waals surface area contributed by atoms with Crippen molar-refractivity contribution in [3.63, 3.8) is 0 Å². The van der Waals surface area contributed by atoms with Crippen LogP contribution >= 0.6 is 11.8 Å². The Balaban J connectivity index is 1.41. The number of para-hydroxylation sites is 1. The van der Waals surface area contributed by atoms with Crippen molar-refractivity contribution in [1.29, 1.82) is 0 Å². The van der Waals surface area contributed by atoms with Crippen molar-refractivity contribution in [1.82, 2.24) is 0 Å². The highest BCUT2D eigenvalue weighted by atomic mass is 32.2. The van der Waals surface area contributed by atoms with Gasteiger partial charge in [-0.05, 0) is 48.0 Å². The molecule has 1 atom stereocenters. The van der Waals surface area contributed by atoms with Crippen molar-refractivity contribution in [3.8, 4) is 5.75 Å². The van der Waals surface area contributed by atoms with Crippen LogP contribution in [0.15, 0.2) is 78.9 Å². The van der Waals surface area contributed by atoms with E-state index in [0.717, 1.165) is 5.56 Å². The Labute approximate surface area is 177 Å². The second-order valence-corrected chi connectivity index (χ2v) is 7.75. The number of hydrogen-bond acceptors (Lipinski definition) is 4. The first-order chi connectivity index (χ1) is 14.6. The van der Waals surface area contributed by atoms with Crippen molar-refractivity contribution in [3.05, 3.63) is 90.2 Å². The number of anilines is 2. The van der Waals surface area contributed by atoms with E-state index >= 15 is 0 Å². The summed E-state index contributed by atoms with van der Waals surface area (Å²) in [4.78, 5) is 26.1. The van der Waals surface area contributed by atoms with Crippen LogP contribution in [0.5, 0.6) is 5.75 Å². The number of nitrogens with zero attached hydrogens (tertiary/aromatic N) is 1. The van der Waals surface area contributed by atoms with Gasteiger partial charge >= 0.3 is 0 Å². The van der Waals surface area contributed by atoms with Crippen molar-refractivity contribution in [2.75, 3.05) is 22.6 Å². The molecule has 152 valence electrons. The van der Waals surface area contributed by atoms with Crippen LogP contribution < -0.4 is 15.0 Å². The number of benzene rings is 3. The Morgan fingerprint density at radius 3 is 2.57 bits per heavy atom. The minimum absolute atomic E-state index is 0.0639. The molecular formula is C23H19FN2O3S. The number of rotatable bonds is 6. The van der Waals surface area contributed by atoms with Gasteiger partial charge in [-0.3, -0.25) is 14.5 Å². The molecule has 1 saturated heterocycles. The van der Waals surface area contributed by atoms with Gasteiger partial charge in [-0.2, -0.15) is 0 Å². The number of thioether (sulfide) groups is 1. The summed E-state index contributed by atoms with van der Waals surface area (Å²) >= 11 is 1.48. The third kappa shape index (κ3) is 4.63. The van der Waals surface area contributed by atoms with Gasteiger partial charge in [-0.15, -0.1) is 11.8 Å². The highest BCUT2D eigenvalue weighted by Gasteiger charge is 2.34. The second-order valence-electron chi connectivity index (χ2n) is 6.68. The zero-order valence-corrected chi connectivity index (χ0v) is 16.8. The van der Waals surface area contributed by atoms with Gasteiger partial charge in [-0.1, -0.05) is 36.4 Å². The lowest BCUT2D eigenvalue weighted by molar-refractivity contribution is -0.118. The summed E-state index contributed by atoms with van der Waals surface area (Å²) in [6.45, 7) is -0.0912. The fourth-order valence-electron chi connectivity index (χ4n) is 3.17. The average molecular weight is 422 g/mol. The SMILES string of the molecule is O=C(COc1ccccc1)Nc1ccc([C@H]2SCC(=O)N2c2cccc(F)c2)cc1. The molecule has 1 aliphatic heterocycles. The summed E-state index contributed by atoms with van der Waals surface area (Å²) in [5.41, 5.74) is 2.06. The van der Waals surface area contributed by atoms with Gasteiger partial charge in [0.1, 0.15) is 16.9 Å². The monoisotopic (exact) mass is 422 g/mol. The number of amides is 2.